The van der Waals surface area contributed by atoms with Gasteiger partial charge in [0, 0.05) is 36.8 Å². The van der Waals surface area contributed by atoms with E-state index in [1.54, 1.807) is 27.5 Å². The minimum atomic E-state index is -3.27. The van der Waals surface area contributed by atoms with Crippen molar-refractivity contribution in [2.75, 3.05) is 30.0 Å². The van der Waals surface area contributed by atoms with E-state index in [4.69, 9.17) is 21.3 Å². The van der Waals surface area contributed by atoms with Crippen LogP contribution in [0.25, 0.3) is 16.9 Å². The Morgan fingerprint density at radius 1 is 1.29 bits per heavy atom. The number of piperidine rings is 1. The monoisotopic (exact) mass is 522 g/mol. The summed E-state index contributed by atoms with van der Waals surface area (Å²) < 4.78 is 34.9. The van der Waals surface area contributed by atoms with Gasteiger partial charge < -0.3 is 10.1 Å². The molecular formula is C22H31ClN8O3S. The Labute approximate surface area is 209 Å². The summed E-state index contributed by atoms with van der Waals surface area (Å²) in [6, 6.07) is 0.0546. The van der Waals surface area contributed by atoms with Gasteiger partial charge in [-0.15, -0.1) is 16.7 Å². The summed E-state index contributed by atoms with van der Waals surface area (Å²) in [6.07, 6.45) is 10.4. The van der Waals surface area contributed by atoms with Crippen molar-refractivity contribution in [3.63, 3.8) is 0 Å². The number of rotatable bonds is 10. The summed E-state index contributed by atoms with van der Waals surface area (Å²) in [4.78, 5) is 9.31. The maximum Gasteiger partial charge on any atom is 0.243 e. The number of H-pyrrole nitrogens is 1. The maximum absolute atomic E-state index is 12.7. The van der Waals surface area contributed by atoms with E-state index in [-0.39, 0.29) is 23.8 Å². The number of nitrogens with zero attached hydrogens (tertiary/aromatic N) is 6. The lowest BCUT2D eigenvalue weighted by Crippen LogP contribution is -2.48. The number of sulfonamides is 1. The largest absolute Gasteiger partial charge is 0.484 e. The molecule has 5 rings (SSSR count). The number of aromatic nitrogens is 6. The zero-order chi connectivity index (χ0) is 24.4. The van der Waals surface area contributed by atoms with Crippen LogP contribution in [0.3, 0.4) is 0 Å². The Morgan fingerprint density at radius 2 is 2.14 bits per heavy atom. The number of hydrogen-bond donors (Lipinski definition) is 2. The molecule has 0 spiro atoms. The second-order valence-electron chi connectivity index (χ2n) is 9.37. The Kier molecular flexibility index (Phi) is 7.12. The molecular weight excluding hydrogens is 492 g/mol. The number of hydrogen-bond acceptors (Lipinski definition) is 8. The van der Waals surface area contributed by atoms with Crippen molar-refractivity contribution in [1.29, 1.82) is 0 Å². The number of ether oxygens (including phenoxy) is 1. The summed E-state index contributed by atoms with van der Waals surface area (Å²) >= 11 is 5.70. The fourth-order valence-electron chi connectivity index (χ4n) is 4.49. The molecule has 0 amide bonds. The van der Waals surface area contributed by atoms with Crippen molar-refractivity contribution in [3.05, 3.63) is 18.7 Å². The number of anilines is 1. The predicted molar refractivity (Wildman–Crippen MR) is 133 cm³/mol. The summed E-state index contributed by atoms with van der Waals surface area (Å²) in [5.74, 6) is 1.81. The molecule has 0 unspecified atom stereocenters. The van der Waals surface area contributed by atoms with E-state index in [9.17, 15) is 8.42 Å². The van der Waals surface area contributed by atoms with Gasteiger partial charge in [-0.2, -0.15) is 14.6 Å². The smallest absolute Gasteiger partial charge is 0.243 e. The zero-order valence-corrected chi connectivity index (χ0v) is 21.3. The van der Waals surface area contributed by atoms with Gasteiger partial charge in [0.15, 0.2) is 5.75 Å². The Morgan fingerprint density at radius 3 is 2.83 bits per heavy atom. The average Bonchev–Trinajstić information content (AvgIpc) is 3.47. The van der Waals surface area contributed by atoms with Crippen molar-refractivity contribution in [2.45, 2.75) is 57.6 Å². The Bertz CT molecular complexity index is 1250. The molecule has 3 aromatic heterocycles. The summed E-state index contributed by atoms with van der Waals surface area (Å²) in [5.41, 5.74) is 2.10. The van der Waals surface area contributed by atoms with E-state index in [0.717, 1.165) is 24.8 Å². The molecule has 1 saturated carbocycles. The number of unbranched alkanes of at least 4 members (excludes halogenated alkanes) is 1. The van der Waals surface area contributed by atoms with Crippen LogP contribution in [0.2, 0.25) is 0 Å². The first-order valence-corrected chi connectivity index (χ1v) is 14.3. The SMILES string of the molecule is C[C@@H]1CN(S(=O)(=O)CCCCCl)CC[C@@H]1Nc1nc2c(OC3CCC3)c(-c3cn[nH]c3)ncn2n1. The van der Waals surface area contributed by atoms with Gasteiger partial charge >= 0.3 is 0 Å². The van der Waals surface area contributed by atoms with Crippen LogP contribution in [0.1, 0.15) is 45.4 Å². The van der Waals surface area contributed by atoms with Gasteiger partial charge in [0.05, 0.1) is 18.1 Å². The third-order valence-electron chi connectivity index (χ3n) is 6.82. The number of nitrogens with one attached hydrogen (secondary N) is 2. The highest BCUT2D eigenvalue weighted by Crippen LogP contribution is 2.35. The fourth-order valence-corrected chi connectivity index (χ4v) is 6.36. The minimum Gasteiger partial charge on any atom is -0.484 e. The lowest BCUT2D eigenvalue weighted by Gasteiger charge is -2.36. The highest BCUT2D eigenvalue weighted by atomic mass is 35.5. The lowest BCUT2D eigenvalue weighted by atomic mass is 9.95. The van der Waals surface area contributed by atoms with Crippen molar-refractivity contribution < 1.29 is 13.2 Å². The molecule has 4 heterocycles. The standard InChI is InChI=1S/C22H31ClN8O3S/c1-15-13-30(35(32,33)10-3-2-8-23)9-7-18(15)27-22-28-21-20(34-17-5-4-6-17)19(16-11-25-26-12-16)24-14-31(21)29-22/h11-12,14-15,17-18H,2-10,13H2,1H3,(H,25,26)(H,27,29)/t15-,18+/m1/s1. The first kappa shape index (κ1) is 24.3. The van der Waals surface area contributed by atoms with Gasteiger partial charge in [-0.3, -0.25) is 5.10 Å². The number of alkyl halides is 1. The molecule has 2 N–H and O–H groups in total. The zero-order valence-electron chi connectivity index (χ0n) is 19.7. The van der Waals surface area contributed by atoms with Crippen LogP contribution in [0.4, 0.5) is 5.95 Å². The fraction of sp³-hybridized carbons (Fsp3) is 0.636. The number of aromatic amines is 1. The highest BCUT2D eigenvalue weighted by Gasteiger charge is 2.33. The van der Waals surface area contributed by atoms with Gasteiger partial charge in [0.25, 0.3) is 0 Å². The van der Waals surface area contributed by atoms with E-state index in [2.05, 4.69) is 32.5 Å². The van der Waals surface area contributed by atoms with E-state index < -0.39 is 10.0 Å². The van der Waals surface area contributed by atoms with Crippen LogP contribution < -0.4 is 10.1 Å². The van der Waals surface area contributed by atoms with Crippen molar-refractivity contribution in [1.82, 2.24) is 34.1 Å². The topological polar surface area (TPSA) is 130 Å². The first-order chi connectivity index (χ1) is 16.9. The van der Waals surface area contributed by atoms with Gasteiger partial charge in [0.2, 0.25) is 21.6 Å². The second kappa shape index (κ2) is 10.3. The van der Waals surface area contributed by atoms with Crippen LogP contribution in [0.15, 0.2) is 18.7 Å². The van der Waals surface area contributed by atoms with Crippen LogP contribution in [0.5, 0.6) is 5.75 Å². The minimum absolute atomic E-state index is 0.0546. The summed E-state index contributed by atoms with van der Waals surface area (Å²) in [7, 11) is -3.27. The summed E-state index contributed by atoms with van der Waals surface area (Å²) in [5, 5.41) is 14.9. The molecule has 1 aliphatic heterocycles. The number of halogens is 1. The van der Waals surface area contributed by atoms with Gasteiger partial charge in [-0.1, -0.05) is 6.92 Å². The predicted octanol–water partition coefficient (Wildman–Crippen LogP) is 2.92. The molecule has 0 aromatic carbocycles. The molecule has 2 aliphatic rings. The van der Waals surface area contributed by atoms with Crippen LogP contribution in [0, 0.1) is 5.92 Å². The van der Waals surface area contributed by atoms with Crippen molar-refractivity contribution in [3.8, 4) is 17.0 Å². The molecule has 1 aliphatic carbocycles. The normalized spacial score (nSPS) is 21.8. The van der Waals surface area contributed by atoms with Crippen molar-refractivity contribution >= 4 is 33.2 Å². The van der Waals surface area contributed by atoms with Crippen LogP contribution >= 0.6 is 11.6 Å². The maximum atomic E-state index is 12.7. The van der Waals surface area contributed by atoms with Gasteiger partial charge in [0.1, 0.15) is 12.0 Å². The molecule has 35 heavy (non-hydrogen) atoms. The third-order valence-corrected chi connectivity index (χ3v) is 9.01. The molecule has 0 bridgehead atoms. The molecule has 3 aromatic rings. The van der Waals surface area contributed by atoms with E-state index in [1.807, 2.05) is 0 Å². The van der Waals surface area contributed by atoms with E-state index in [0.29, 0.717) is 61.3 Å². The lowest BCUT2D eigenvalue weighted by molar-refractivity contribution is 0.121. The van der Waals surface area contributed by atoms with Gasteiger partial charge in [-0.25, -0.2) is 17.7 Å². The van der Waals surface area contributed by atoms with E-state index >= 15 is 0 Å². The van der Waals surface area contributed by atoms with Crippen LogP contribution in [-0.4, -0.2) is 79.4 Å². The van der Waals surface area contributed by atoms with Crippen LogP contribution in [-0.2, 0) is 10.0 Å². The van der Waals surface area contributed by atoms with E-state index in [1.165, 1.54) is 0 Å². The molecule has 2 fully saturated rings. The number of fused-ring (bicyclic) bond motifs is 1. The molecule has 0 radical (unpaired) electrons. The molecule has 190 valence electrons. The Hall–Kier alpha value is -2.44. The molecule has 13 heteroatoms. The second-order valence-corrected chi connectivity index (χ2v) is 11.8. The summed E-state index contributed by atoms with van der Waals surface area (Å²) in [6.45, 7) is 2.99. The van der Waals surface area contributed by atoms with Crippen molar-refractivity contribution in [2.24, 2.45) is 5.92 Å². The van der Waals surface area contributed by atoms with Gasteiger partial charge in [-0.05, 0) is 44.4 Å². The molecule has 11 nitrogen and oxygen atoms in total. The average molecular weight is 523 g/mol. The Balaban J connectivity index is 1.32. The first-order valence-electron chi connectivity index (χ1n) is 12.2. The third kappa shape index (κ3) is 5.24. The highest BCUT2D eigenvalue weighted by molar-refractivity contribution is 7.89. The quantitative estimate of drug-likeness (QED) is 0.307. The molecule has 2 atom stereocenters. The molecule has 1 saturated heterocycles.